The van der Waals surface area contributed by atoms with Crippen LogP contribution in [0.15, 0.2) is 12.1 Å². The molecule has 1 aromatic rings. The Morgan fingerprint density at radius 1 is 1.32 bits per heavy atom. The Morgan fingerprint density at radius 3 is 2.58 bits per heavy atom. The number of anilines is 1. The van der Waals surface area contributed by atoms with Crippen LogP contribution in [-0.2, 0) is 4.79 Å². The highest BCUT2D eigenvalue weighted by Crippen LogP contribution is 2.01. The van der Waals surface area contributed by atoms with Gasteiger partial charge in [-0.15, -0.1) is 10.2 Å². The molecule has 3 N–H and O–H groups in total. The van der Waals surface area contributed by atoms with Crippen LogP contribution in [0.25, 0.3) is 0 Å². The van der Waals surface area contributed by atoms with Gasteiger partial charge in [-0.25, -0.2) is 4.79 Å². The smallest absolute Gasteiger partial charge is 0.356 e. The van der Waals surface area contributed by atoms with E-state index in [9.17, 15) is 9.59 Å². The van der Waals surface area contributed by atoms with Crippen LogP contribution in [0.5, 0.6) is 0 Å². The van der Waals surface area contributed by atoms with E-state index in [0.717, 1.165) is 0 Å². The van der Waals surface area contributed by atoms with Crippen LogP contribution in [0, 0.1) is 5.92 Å². The predicted octanol–water partition coefficient (Wildman–Crippen LogP) is 0.749. The van der Waals surface area contributed by atoms with E-state index < -0.39 is 5.97 Å². The third-order valence-electron chi connectivity index (χ3n) is 2.25. The zero-order chi connectivity index (χ0) is 14.3. The monoisotopic (exact) mass is 266 g/mol. The molecule has 104 valence electrons. The molecule has 0 aliphatic heterocycles. The molecule has 0 aliphatic carbocycles. The quantitative estimate of drug-likeness (QED) is 0.672. The number of hydrogen-bond donors (Lipinski definition) is 3. The summed E-state index contributed by atoms with van der Waals surface area (Å²) in [6, 6.07) is 2.87. The predicted molar refractivity (Wildman–Crippen MR) is 69.9 cm³/mol. The molecule has 0 saturated heterocycles. The average Bonchev–Trinajstić information content (AvgIpc) is 2.37. The standard InChI is InChI=1S/C12H18N4O3/c1-8(2)7-14-11(17)5-6-13-10-4-3-9(12(18)19)15-16-10/h3-4,8H,5-7H2,1-2H3,(H,13,16)(H,14,17)(H,18,19). The summed E-state index contributed by atoms with van der Waals surface area (Å²) < 4.78 is 0. The zero-order valence-electron chi connectivity index (χ0n) is 11.0. The second kappa shape index (κ2) is 7.30. The second-order valence-corrected chi connectivity index (χ2v) is 4.48. The molecule has 0 aromatic carbocycles. The maximum atomic E-state index is 11.4. The summed E-state index contributed by atoms with van der Waals surface area (Å²) in [7, 11) is 0. The molecule has 7 heteroatoms. The first-order valence-corrected chi connectivity index (χ1v) is 6.06. The van der Waals surface area contributed by atoms with Gasteiger partial charge in [0.1, 0.15) is 5.82 Å². The number of hydrogen-bond acceptors (Lipinski definition) is 5. The minimum atomic E-state index is -1.12. The molecule has 0 saturated carbocycles. The van der Waals surface area contributed by atoms with Gasteiger partial charge in [-0.05, 0) is 18.1 Å². The number of aromatic carboxylic acids is 1. The molecule has 0 unspecified atom stereocenters. The molecule has 0 fully saturated rings. The van der Waals surface area contributed by atoms with Gasteiger partial charge in [0.05, 0.1) is 0 Å². The first-order valence-electron chi connectivity index (χ1n) is 6.06. The molecule has 1 amide bonds. The van der Waals surface area contributed by atoms with Gasteiger partial charge in [0, 0.05) is 19.5 Å². The summed E-state index contributed by atoms with van der Waals surface area (Å²) in [4.78, 5) is 22.0. The first kappa shape index (κ1) is 14.9. The molecule has 0 spiro atoms. The lowest BCUT2D eigenvalue weighted by Gasteiger charge is -2.08. The molecule has 1 heterocycles. The number of carboxylic acids is 1. The Labute approximate surface area is 111 Å². The van der Waals surface area contributed by atoms with Gasteiger partial charge in [-0.3, -0.25) is 4.79 Å². The number of carboxylic acid groups (broad SMARTS) is 1. The van der Waals surface area contributed by atoms with Crippen molar-refractivity contribution in [3.05, 3.63) is 17.8 Å². The molecule has 0 atom stereocenters. The number of aromatic nitrogens is 2. The summed E-state index contributed by atoms with van der Waals surface area (Å²) in [5.74, 6) is -0.281. The number of nitrogens with zero attached hydrogens (tertiary/aromatic N) is 2. The van der Waals surface area contributed by atoms with Crippen LogP contribution in [0.4, 0.5) is 5.82 Å². The lowest BCUT2D eigenvalue weighted by molar-refractivity contribution is -0.120. The topological polar surface area (TPSA) is 104 Å². The van der Waals surface area contributed by atoms with Crippen LogP contribution < -0.4 is 10.6 Å². The fraction of sp³-hybridized carbons (Fsp3) is 0.500. The van der Waals surface area contributed by atoms with Gasteiger partial charge in [0.15, 0.2) is 5.69 Å². The molecule has 0 aliphatic rings. The Hall–Kier alpha value is -2.18. The molecular formula is C12H18N4O3. The molecule has 1 aromatic heterocycles. The second-order valence-electron chi connectivity index (χ2n) is 4.48. The minimum Gasteiger partial charge on any atom is -0.476 e. The van der Waals surface area contributed by atoms with E-state index in [-0.39, 0.29) is 11.6 Å². The van der Waals surface area contributed by atoms with E-state index in [1.165, 1.54) is 12.1 Å². The van der Waals surface area contributed by atoms with Crippen LogP contribution in [0.1, 0.15) is 30.8 Å². The highest BCUT2D eigenvalue weighted by molar-refractivity contribution is 5.85. The normalized spacial score (nSPS) is 10.3. The number of carbonyl (C=O) groups is 2. The Bertz CT molecular complexity index is 431. The summed E-state index contributed by atoms with van der Waals surface area (Å²) in [5, 5.41) is 21.6. The van der Waals surface area contributed by atoms with E-state index in [1.807, 2.05) is 13.8 Å². The van der Waals surface area contributed by atoms with Crippen molar-refractivity contribution in [2.75, 3.05) is 18.4 Å². The van der Waals surface area contributed by atoms with E-state index >= 15 is 0 Å². The first-order chi connectivity index (χ1) is 8.99. The zero-order valence-corrected chi connectivity index (χ0v) is 11.0. The van der Waals surface area contributed by atoms with Crippen molar-refractivity contribution in [3.8, 4) is 0 Å². The Morgan fingerprint density at radius 2 is 2.05 bits per heavy atom. The van der Waals surface area contributed by atoms with Crippen LogP contribution >= 0.6 is 0 Å². The highest BCUT2D eigenvalue weighted by atomic mass is 16.4. The third-order valence-corrected chi connectivity index (χ3v) is 2.25. The summed E-state index contributed by atoms with van der Waals surface area (Å²) in [6.07, 6.45) is 0.328. The van der Waals surface area contributed by atoms with E-state index in [2.05, 4.69) is 20.8 Å². The number of amides is 1. The number of nitrogens with one attached hydrogen (secondary N) is 2. The summed E-state index contributed by atoms with van der Waals surface area (Å²) in [5.41, 5.74) is -0.111. The molecule has 19 heavy (non-hydrogen) atoms. The Balaban J connectivity index is 2.29. The Kier molecular flexibility index (Phi) is 5.72. The fourth-order valence-corrected chi connectivity index (χ4v) is 1.25. The van der Waals surface area contributed by atoms with Gasteiger partial charge in [-0.1, -0.05) is 13.8 Å². The maximum Gasteiger partial charge on any atom is 0.356 e. The maximum absolute atomic E-state index is 11.4. The van der Waals surface area contributed by atoms with Crippen molar-refractivity contribution in [2.45, 2.75) is 20.3 Å². The summed E-state index contributed by atoms with van der Waals surface area (Å²) >= 11 is 0. The van der Waals surface area contributed by atoms with Crippen molar-refractivity contribution in [1.29, 1.82) is 0 Å². The minimum absolute atomic E-state index is 0.0312. The molecule has 0 radical (unpaired) electrons. The van der Waals surface area contributed by atoms with Crippen LogP contribution in [-0.4, -0.2) is 40.3 Å². The van der Waals surface area contributed by atoms with Gasteiger partial charge < -0.3 is 15.7 Å². The molecule has 7 nitrogen and oxygen atoms in total. The van der Waals surface area contributed by atoms with Crippen LogP contribution in [0.2, 0.25) is 0 Å². The SMILES string of the molecule is CC(C)CNC(=O)CCNc1ccc(C(=O)O)nn1. The lowest BCUT2D eigenvalue weighted by atomic mass is 10.2. The fourth-order valence-electron chi connectivity index (χ4n) is 1.25. The van der Waals surface area contributed by atoms with Crippen molar-refractivity contribution in [1.82, 2.24) is 15.5 Å². The van der Waals surface area contributed by atoms with Gasteiger partial charge in [0.25, 0.3) is 0 Å². The highest BCUT2D eigenvalue weighted by Gasteiger charge is 2.05. The largest absolute Gasteiger partial charge is 0.476 e. The van der Waals surface area contributed by atoms with E-state index in [0.29, 0.717) is 31.2 Å². The van der Waals surface area contributed by atoms with Crippen molar-refractivity contribution >= 4 is 17.7 Å². The lowest BCUT2D eigenvalue weighted by Crippen LogP contribution is -2.28. The van der Waals surface area contributed by atoms with Crippen LogP contribution in [0.3, 0.4) is 0 Å². The van der Waals surface area contributed by atoms with E-state index in [4.69, 9.17) is 5.11 Å². The van der Waals surface area contributed by atoms with E-state index in [1.54, 1.807) is 0 Å². The third kappa shape index (κ3) is 5.80. The molecule has 1 rings (SSSR count). The van der Waals surface area contributed by atoms with Gasteiger partial charge >= 0.3 is 5.97 Å². The van der Waals surface area contributed by atoms with Crippen molar-refractivity contribution in [3.63, 3.8) is 0 Å². The van der Waals surface area contributed by atoms with Gasteiger partial charge in [0.2, 0.25) is 5.91 Å². The number of carbonyl (C=O) groups excluding carboxylic acids is 1. The molecular weight excluding hydrogens is 248 g/mol. The van der Waals surface area contributed by atoms with Crippen molar-refractivity contribution in [2.24, 2.45) is 5.92 Å². The van der Waals surface area contributed by atoms with Gasteiger partial charge in [-0.2, -0.15) is 0 Å². The van der Waals surface area contributed by atoms with Crippen molar-refractivity contribution < 1.29 is 14.7 Å². The summed E-state index contributed by atoms with van der Waals surface area (Å²) in [6.45, 7) is 5.13. The molecule has 0 bridgehead atoms. The average molecular weight is 266 g/mol. The number of rotatable bonds is 7.